The fourth-order valence-corrected chi connectivity index (χ4v) is 1.09. The van der Waals surface area contributed by atoms with Gasteiger partial charge < -0.3 is 14.6 Å². The zero-order chi connectivity index (χ0) is 10.4. The van der Waals surface area contributed by atoms with Gasteiger partial charge in [-0.3, -0.25) is 4.79 Å². The van der Waals surface area contributed by atoms with Crippen LogP contribution in [0.2, 0.25) is 0 Å². The molecule has 0 aliphatic rings. The summed E-state index contributed by atoms with van der Waals surface area (Å²) in [6.07, 6.45) is 3.55. The van der Waals surface area contributed by atoms with E-state index in [1.165, 1.54) is 0 Å². The Labute approximate surface area is 83.1 Å². The number of rotatable bonds is 5. The fourth-order valence-electron chi connectivity index (χ4n) is 1.09. The van der Waals surface area contributed by atoms with Gasteiger partial charge in [0.05, 0.1) is 6.61 Å². The van der Waals surface area contributed by atoms with Crippen molar-refractivity contribution in [3.05, 3.63) is 12.4 Å². The van der Waals surface area contributed by atoms with E-state index in [-0.39, 0.29) is 12.5 Å². The van der Waals surface area contributed by atoms with Gasteiger partial charge in [-0.05, 0) is 13.8 Å². The first-order chi connectivity index (χ1) is 6.77. The molecule has 0 spiro atoms. The molecule has 78 valence electrons. The Balaban J connectivity index is 2.41. The lowest BCUT2D eigenvalue weighted by molar-refractivity contribution is -0.140. The molecule has 5 nitrogen and oxygen atoms in total. The largest absolute Gasteiger partial charge is 0.465 e. The van der Waals surface area contributed by atoms with Gasteiger partial charge in [-0.2, -0.15) is 0 Å². The van der Waals surface area contributed by atoms with E-state index in [0.29, 0.717) is 12.6 Å². The average molecular weight is 197 g/mol. The van der Waals surface area contributed by atoms with Crippen molar-refractivity contribution in [2.24, 2.45) is 0 Å². The first-order valence-corrected chi connectivity index (χ1v) is 4.68. The zero-order valence-corrected chi connectivity index (χ0v) is 8.49. The standard InChI is InChI=1S/C9H15N3O2/c1-3-12-6-5-10-9(12)11-7-8(13)14-4-2/h5-6H,3-4,7H2,1-2H3,(H,10,11). The van der Waals surface area contributed by atoms with E-state index in [1.807, 2.05) is 17.7 Å². The summed E-state index contributed by atoms with van der Waals surface area (Å²) in [5, 5.41) is 2.91. The average Bonchev–Trinajstić information content (AvgIpc) is 2.62. The number of carbonyl (C=O) groups excluding carboxylic acids is 1. The Morgan fingerprint density at radius 3 is 3.07 bits per heavy atom. The van der Waals surface area contributed by atoms with Crippen LogP contribution in [0.3, 0.4) is 0 Å². The number of nitrogens with zero attached hydrogens (tertiary/aromatic N) is 2. The molecule has 0 aliphatic carbocycles. The third-order valence-electron chi connectivity index (χ3n) is 1.75. The smallest absolute Gasteiger partial charge is 0.325 e. The number of aromatic nitrogens is 2. The summed E-state index contributed by atoms with van der Waals surface area (Å²) in [6, 6.07) is 0. The van der Waals surface area contributed by atoms with Crippen molar-refractivity contribution in [3.8, 4) is 0 Å². The van der Waals surface area contributed by atoms with Gasteiger partial charge >= 0.3 is 5.97 Å². The van der Waals surface area contributed by atoms with E-state index in [9.17, 15) is 4.79 Å². The summed E-state index contributed by atoms with van der Waals surface area (Å²) in [4.78, 5) is 15.1. The molecule has 0 aromatic carbocycles. The van der Waals surface area contributed by atoms with Crippen LogP contribution in [0.25, 0.3) is 0 Å². The molecule has 1 rings (SSSR count). The van der Waals surface area contributed by atoms with Gasteiger partial charge in [0.15, 0.2) is 0 Å². The van der Waals surface area contributed by atoms with E-state index in [4.69, 9.17) is 4.74 Å². The summed E-state index contributed by atoms with van der Waals surface area (Å²) in [6.45, 7) is 5.18. The van der Waals surface area contributed by atoms with Crippen molar-refractivity contribution in [1.29, 1.82) is 0 Å². The number of hydrogen-bond acceptors (Lipinski definition) is 4. The number of hydrogen-bond donors (Lipinski definition) is 1. The molecule has 5 heteroatoms. The van der Waals surface area contributed by atoms with Crippen LogP contribution in [0, 0.1) is 0 Å². The van der Waals surface area contributed by atoms with Crippen molar-refractivity contribution in [1.82, 2.24) is 9.55 Å². The first-order valence-electron chi connectivity index (χ1n) is 4.68. The lowest BCUT2D eigenvalue weighted by atomic mass is 10.6. The van der Waals surface area contributed by atoms with Gasteiger partial charge in [0.25, 0.3) is 0 Å². The minimum Gasteiger partial charge on any atom is -0.465 e. The number of imidazole rings is 1. The molecule has 0 saturated heterocycles. The second kappa shape index (κ2) is 5.26. The highest BCUT2D eigenvalue weighted by molar-refractivity contribution is 5.74. The molecule has 0 saturated carbocycles. The molecule has 0 bridgehead atoms. The molecule has 1 aromatic heterocycles. The first kappa shape index (κ1) is 10.6. The van der Waals surface area contributed by atoms with Crippen LogP contribution in [0.4, 0.5) is 5.95 Å². The van der Waals surface area contributed by atoms with Crippen molar-refractivity contribution in [2.45, 2.75) is 20.4 Å². The van der Waals surface area contributed by atoms with Crippen molar-refractivity contribution >= 4 is 11.9 Å². The Hall–Kier alpha value is -1.52. The topological polar surface area (TPSA) is 56.1 Å². The molecule has 1 heterocycles. The second-order valence-electron chi connectivity index (χ2n) is 2.70. The van der Waals surface area contributed by atoms with Gasteiger partial charge in [0.1, 0.15) is 6.54 Å². The molecule has 1 N–H and O–H groups in total. The Morgan fingerprint density at radius 1 is 1.64 bits per heavy atom. The van der Waals surface area contributed by atoms with E-state index in [0.717, 1.165) is 6.54 Å². The summed E-state index contributed by atoms with van der Waals surface area (Å²) in [7, 11) is 0. The summed E-state index contributed by atoms with van der Waals surface area (Å²) in [5.41, 5.74) is 0. The van der Waals surface area contributed by atoms with Crippen molar-refractivity contribution < 1.29 is 9.53 Å². The monoisotopic (exact) mass is 197 g/mol. The molecule has 0 fully saturated rings. The van der Waals surface area contributed by atoms with Crippen LogP contribution >= 0.6 is 0 Å². The third kappa shape index (κ3) is 2.76. The Bertz CT molecular complexity index is 296. The van der Waals surface area contributed by atoms with Gasteiger partial charge in [-0.1, -0.05) is 0 Å². The van der Waals surface area contributed by atoms with Gasteiger partial charge in [0.2, 0.25) is 5.95 Å². The fraction of sp³-hybridized carbons (Fsp3) is 0.556. The van der Waals surface area contributed by atoms with Crippen molar-refractivity contribution in [3.63, 3.8) is 0 Å². The summed E-state index contributed by atoms with van der Waals surface area (Å²) < 4.78 is 6.69. The number of nitrogens with one attached hydrogen (secondary N) is 1. The molecule has 0 amide bonds. The highest BCUT2D eigenvalue weighted by Crippen LogP contribution is 2.02. The van der Waals surface area contributed by atoms with Crippen LogP contribution in [0.15, 0.2) is 12.4 Å². The molecular formula is C9H15N3O2. The van der Waals surface area contributed by atoms with Gasteiger partial charge in [-0.15, -0.1) is 0 Å². The van der Waals surface area contributed by atoms with Crippen LogP contribution < -0.4 is 5.32 Å². The number of anilines is 1. The zero-order valence-electron chi connectivity index (χ0n) is 8.49. The van der Waals surface area contributed by atoms with Gasteiger partial charge in [0, 0.05) is 18.9 Å². The van der Waals surface area contributed by atoms with E-state index in [1.54, 1.807) is 13.1 Å². The second-order valence-corrected chi connectivity index (χ2v) is 2.70. The summed E-state index contributed by atoms with van der Waals surface area (Å²) >= 11 is 0. The minimum absolute atomic E-state index is 0.158. The van der Waals surface area contributed by atoms with E-state index >= 15 is 0 Å². The lowest BCUT2D eigenvalue weighted by Crippen LogP contribution is -2.18. The molecule has 0 radical (unpaired) electrons. The maximum atomic E-state index is 11.0. The molecular weight excluding hydrogens is 182 g/mol. The predicted molar refractivity (Wildman–Crippen MR) is 53.0 cm³/mol. The molecule has 0 aliphatic heterocycles. The highest BCUT2D eigenvalue weighted by atomic mass is 16.5. The molecule has 1 aromatic rings. The van der Waals surface area contributed by atoms with Crippen LogP contribution in [-0.2, 0) is 16.1 Å². The Morgan fingerprint density at radius 2 is 2.43 bits per heavy atom. The van der Waals surface area contributed by atoms with Crippen LogP contribution in [-0.4, -0.2) is 28.7 Å². The molecule has 0 atom stereocenters. The highest BCUT2D eigenvalue weighted by Gasteiger charge is 2.04. The lowest BCUT2D eigenvalue weighted by Gasteiger charge is -2.06. The van der Waals surface area contributed by atoms with Crippen LogP contribution in [0.5, 0.6) is 0 Å². The quantitative estimate of drug-likeness (QED) is 0.712. The Kier molecular flexibility index (Phi) is 3.97. The predicted octanol–water partition coefficient (Wildman–Crippen LogP) is 0.878. The third-order valence-corrected chi connectivity index (χ3v) is 1.75. The van der Waals surface area contributed by atoms with E-state index in [2.05, 4.69) is 10.3 Å². The molecule has 14 heavy (non-hydrogen) atoms. The van der Waals surface area contributed by atoms with Crippen molar-refractivity contribution in [2.75, 3.05) is 18.5 Å². The normalized spacial score (nSPS) is 9.86. The SMILES string of the molecule is CCOC(=O)CNc1nccn1CC. The summed E-state index contributed by atoms with van der Waals surface area (Å²) in [5.74, 6) is 0.429. The number of aryl methyl sites for hydroxylation is 1. The molecule has 0 unspecified atom stereocenters. The van der Waals surface area contributed by atoms with Gasteiger partial charge in [-0.25, -0.2) is 4.98 Å². The number of carbonyl (C=O) groups is 1. The van der Waals surface area contributed by atoms with Crippen LogP contribution in [0.1, 0.15) is 13.8 Å². The van der Waals surface area contributed by atoms with E-state index < -0.39 is 0 Å². The maximum absolute atomic E-state index is 11.0. The number of ether oxygens (including phenoxy) is 1. The maximum Gasteiger partial charge on any atom is 0.325 e. The minimum atomic E-state index is -0.266. The number of esters is 1.